The standard InChI is InChI=1S/C11H15IN4/c12-8-6-13-11(14-7-8)15-9-3-5-16-4-1-2-10(9)16/h6-7,9-10H,1-5H2,(H,13,14,15). The largest absolute Gasteiger partial charge is 0.350 e. The zero-order valence-electron chi connectivity index (χ0n) is 9.06. The highest BCUT2D eigenvalue weighted by molar-refractivity contribution is 14.1. The number of hydrogen-bond donors (Lipinski definition) is 1. The van der Waals surface area contributed by atoms with E-state index in [2.05, 4.69) is 42.8 Å². The van der Waals surface area contributed by atoms with Crippen molar-refractivity contribution in [1.82, 2.24) is 14.9 Å². The maximum Gasteiger partial charge on any atom is 0.222 e. The Hall–Kier alpha value is -0.430. The van der Waals surface area contributed by atoms with E-state index in [4.69, 9.17) is 0 Å². The number of nitrogens with one attached hydrogen (secondary N) is 1. The lowest BCUT2D eigenvalue weighted by Gasteiger charge is -2.21. The van der Waals surface area contributed by atoms with Crippen LogP contribution in [0.1, 0.15) is 19.3 Å². The summed E-state index contributed by atoms with van der Waals surface area (Å²) in [4.78, 5) is 11.2. The molecule has 5 heteroatoms. The number of rotatable bonds is 2. The van der Waals surface area contributed by atoms with E-state index in [1.807, 2.05) is 12.4 Å². The van der Waals surface area contributed by atoms with Crippen LogP contribution in [0.25, 0.3) is 0 Å². The van der Waals surface area contributed by atoms with Gasteiger partial charge in [-0.25, -0.2) is 9.97 Å². The lowest BCUT2D eigenvalue weighted by atomic mass is 10.1. The number of aromatic nitrogens is 2. The van der Waals surface area contributed by atoms with E-state index in [0.717, 1.165) is 9.52 Å². The minimum absolute atomic E-state index is 0.544. The molecular formula is C11H15IN4. The lowest BCUT2D eigenvalue weighted by molar-refractivity contribution is 0.318. The molecule has 2 fully saturated rings. The van der Waals surface area contributed by atoms with Gasteiger partial charge in [0.05, 0.1) is 0 Å². The molecule has 1 aromatic heterocycles. The molecule has 0 radical (unpaired) electrons. The quantitative estimate of drug-likeness (QED) is 0.839. The average molecular weight is 330 g/mol. The van der Waals surface area contributed by atoms with Crippen LogP contribution in [-0.4, -0.2) is 40.0 Å². The van der Waals surface area contributed by atoms with Crippen LogP contribution in [-0.2, 0) is 0 Å². The van der Waals surface area contributed by atoms with Gasteiger partial charge < -0.3 is 5.32 Å². The Bertz CT molecular complexity index is 367. The first-order valence-electron chi connectivity index (χ1n) is 5.81. The van der Waals surface area contributed by atoms with Gasteiger partial charge in [0.1, 0.15) is 0 Å². The molecular weight excluding hydrogens is 315 g/mol. The maximum atomic E-state index is 4.31. The fraction of sp³-hybridized carbons (Fsp3) is 0.636. The molecule has 16 heavy (non-hydrogen) atoms. The number of nitrogens with zero attached hydrogens (tertiary/aromatic N) is 3. The molecule has 0 aliphatic carbocycles. The Labute approximate surface area is 109 Å². The molecule has 3 rings (SSSR count). The van der Waals surface area contributed by atoms with Crippen LogP contribution in [0, 0.1) is 3.57 Å². The third-order valence-electron chi connectivity index (χ3n) is 3.54. The summed E-state index contributed by atoms with van der Waals surface area (Å²) < 4.78 is 1.08. The Morgan fingerprint density at radius 3 is 2.88 bits per heavy atom. The number of hydrogen-bond acceptors (Lipinski definition) is 4. The van der Waals surface area contributed by atoms with Gasteiger partial charge in [0.15, 0.2) is 0 Å². The van der Waals surface area contributed by atoms with Crippen molar-refractivity contribution >= 4 is 28.5 Å². The summed E-state index contributed by atoms with van der Waals surface area (Å²) >= 11 is 2.22. The smallest absolute Gasteiger partial charge is 0.222 e. The van der Waals surface area contributed by atoms with Gasteiger partial charge >= 0.3 is 0 Å². The molecule has 3 heterocycles. The normalized spacial score (nSPS) is 29.3. The molecule has 2 aliphatic heterocycles. The highest BCUT2D eigenvalue weighted by atomic mass is 127. The van der Waals surface area contributed by atoms with Crippen molar-refractivity contribution in [2.75, 3.05) is 18.4 Å². The van der Waals surface area contributed by atoms with Crippen LogP contribution >= 0.6 is 22.6 Å². The molecule has 86 valence electrons. The highest BCUT2D eigenvalue weighted by Gasteiger charge is 2.37. The number of halogens is 1. The van der Waals surface area contributed by atoms with Gasteiger partial charge in [-0.1, -0.05) is 0 Å². The molecule has 1 aromatic rings. The monoisotopic (exact) mass is 330 g/mol. The summed E-state index contributed by atoms with van der Waals surface area (Å²) in [5.41, 5.74) is 0. The summed E-state index contributed by atoms with van der Waals surface area (Å²) in [5, 5.41) is 3.47. The number of anilines is 1. The van der Waals surface area contributed by atoms with Crippen LogP contribution in [0.3, 0.4) is 0 Å². The molecule has 2 aliphatic rings. The predicted molar refractivity (Wildman–Crippen MR) is 71.4 cm³/mol. The molecule has 0 spiro atoms. The SMILES string of the molecule is Ic1cnc(NC2CCN3CCCC23)nc1. The van der Waals surface area contributed by atoms with E-state index in [9.17, 15) is 0 Å². The molecule has 2 saturated heterocycles. The van der Waals surface area contributed by atoms with Crippen LogP contribution < -0.4 is 5.32 Å². The molecule has 0 aromatic carbocycles. The number of fused-ring (bicyclic) bond motifs is 1. The Morgan fingerprint density at radius 2 is 2.06 bits per heavy atom. The first-order chi connectivity index (χ1) is 7.83. The maximum absolute atomic E-state index is 4.31. The van der Waals surface area contributed by atoms with Crippen LogP contribution in [0.4, 0.5) is 5.95 Å². The molecule has 0 amide bonds. The minimum atomic E-state index is 0.544. The van der Waals surface area contributed by atoms with E-state index in [0.29, 0.717) is 12.1 Å². The Kier molecular flexibility index (Phi) is 2.97. The fourth-order valence-electron chi connectivity index (χ4n) is 2.80. The predicted octanol–water partition coefficient (Wildman–Crippen LogP) is 1.73. The molecule has 0 bridgehead atoms. The van der Waals surface area contributed by atoms with Gasteiger partial charge in [-0.05, 0) is 48.4 Å². The molecule has 4 nitrogen and oxygen atoms in total. The highest BCUT2D eigenvalue weighted by Crippen LogP contribution is 2.29. The van der Waals surface area contributed by atoms with E-state index >= 15 is 0 Å². The third kappa shape index (κ3) is 2.02. The van der Waals surface area contributed by atoms with Crippen molar-refractivity contribution in [3.8, 4) is 0 Å². The second-order valence-electron chi connectivity index (χ2n) is 4.51. The van der Waals surface area contributed by atoms with Crippen molar-refractivity contribution in [3.05, 3.63) is 16.0 Å². The van der Waals surface area contributed by atoms with E-state index in [-0.39, 0.29) is 0 Å². The summed E-state index contributed by atoms with van der Waals surface area (Å²) in [6.45, 7) is 2.50. The molecule has 2 unspecified atom stereocenters. The van der Waals surface area contributed by atoms with Gasteiger partial charge in [-0.2, -0.15) is 0 Å². The van der Waals surface area contributed by atoms with Crippen LogP contribution in [0.5, 0.6) is 0 Å². The van der Waals surface area contributed by atoms with Crippen molar-refractivity contribution in [3.63, 3.8) is 0 Å². The molecule has 2 atom stereocenters. The van der Waals surface area contributed by atoms with Crippen molar-refractivity contribution in [2.24, 2.45) is 0 Å². The topological polar surface area (TPSA) is 41.1 Å². The summed E-state index contributed by atoms with van der Waals surface area (Å²) in [6.07, 6.45) is 7.60. The van der Waals surface area contributed by atoms with Crippen molar-refractivity contribution in [2.45, 2.75) is 31.3 Å². The van der Waals surface area contributed by atoms with Gasteiger partial charge in [0, 0.05) is 34.6 Å². The molecule has 0 saturated carbocycles. The average Bonchev–Trinajstić information content (AvgIpc) is 2.86. The first-order valence-corrected chi connectivity index (χ1v) is 6.89. The zero-order chi connectivity index (χ0) is 11.0. The van der Waals surface area contributed by atoms with Crippen molar-refractivity contribution in [1.29, 1.82) is 0 Å². The second kappa shape index (κ2) is 4.44. The zero-order valence-corrected chi connectivity index (χ0v) is 11.2. The van der Waals surface area contributed by atoms with E-state index in [1.54, 1.807) is 0 Å². The van der Waals surface area contributed by atoms with E-state index < -0.39 is 0 Å². The van der Waals surface area contributed by atoms with Crippen LogP contribution in [0.15, 0.2) is 12.4 Å². The van der Waals surface area contributed by atoms with E-state index in [1.165, 1.54) is 32.4 Å². The fourth-order valence-corrected chi connectivity index (χ4v) is 3.08. The Balaban J connectivity index is 1.68. The summed E-state index contributed by atoms with van der Waals surface area (Å²) in [5.74, 6) is 0.777. The third-order valence-corrected chi connectivity index (χ3v) is 4.10. The van der Waals surface area contributed by atoms with Gasteiger partial charge in [0.2, 0.25) is 5.95 Å². The van der Waals surface area contributed by atoms with Gasteiger partial charge in [0.25, 0.3) is 0 Å². The summed E-state index contributed by atoms with van der Waals surface area (Å²) in [6, 6.07) is 1.26. The lowest BCUT2D eigenvalue weighted by Crippen LogP contribution is -2.34. The first kappa shape index (κ1) is 10.7. The summed E-state index contributed by atoms with van der Waals surface area (Å²) in [7, 11) is 0. The second-order valence-corrected chi connectivity index (χ2v) is 5.76. The Morgan fingerprint density at radius 1 is 1.25 bits per heavy atom. The van der Waals surface area contributed by atoms with Crippen molar-refractivity contribution < 1.29 is 0 Å². The van der Waals surface area contributed by atoms with Crippen LogP contribution in [0.2, 0.25) is 0 Å². The molecule has 1 N–H and O–H groups in total. The minimum Gasteiger partial charge on any atom is -0.350 e. The van der Waals surface area contributed by atoms with Gasteiger partial charge in [-0.3, -0.25) is 4.90 Å². The van der Waals surface area contributed by atoms with Gasteiger partial charge in [-0.15, -0.1) is 0 Å².